The number of benzene rings is 2. The standard InChI is InChI=1S/C20H21N3O4/c1-26-13-19(24)23(11-14-7-3-6-10-17(14)27-2)12-18-21-16-9-5-4-8-15(16)20(25)22-18/h3-10H,11-13H2,1-2H3,(H,21,22,25). The zero-order chi connectivity index (χ0) is 19.2. The van der Waals surface area contributed by atoms with E-state index in [-0.39, 0.29) is 24.6 Å². The average molecular weight is 367 g/mol. The number of amides is 1. The molecule has 1 N–H and O–H groups in total. The number of aromatic nitrogens is 2. The van der Waals surface area contributed by atoms with Gasteiger partial charge in [-0.2, -0.15) is 0 Å². The fraction of sp³-hybridized carbons (Fsp3) is 0.250. The number of hydrogen-bond acceptors (Lipinski definition) is 5. The van der Waals surface area contributed by atoms with Crippen LogP contribution in [-0.2, 0) is 22.6 Å². The molecule has 1 amide bonds. The first kappa shape index (κ1) is 18.6. The highest BCUT2D eigenvalue weighted by Gasteiger charge is 2.18. The summed E-state index contributed by atoms with van der Waals surface area (Å²) in [5, 5.41) is 0.515. The van der Waals surface area contributed by atoms with Gasteiger partial charge in [-0.25, -0.2) is 4.98 Å². The molecule has 0 saturated carbocycles. The Morgan fingerprint density at radius 3 is 2.59 bits per heavy atom. The number of ether oxygens (including phenoxy) is 2. The van der Waals surface area contributed by atoms with E-state index in [1.54, 1.807) is 30.2 Å². The summed E-state index contributed by atoms with van der Waals surface area (Å²) >= 11 is 0. The summed E-state index contributed by atoms with van der Waals surface area (Å²) in [6.07, 6.45) is 0. The number of carbonyl (C=O) groups excluding carboxylic acids is 1. The minimum absolute atomic E-state index is 0.0625. The highest BCUT2D eigenvalue weighted by Crippen LogP contribution is 2.20. The van der Waals surface area contributed by atoms with E-state index in [1.165, 1.54) is 7.11 Å². The predicted octanol–water partition coefficient (Wildman–Crippen LogP) is 2.11. The minimum Gasteiger partial charge on any atom is -0.496 e. The number of para-hydroxylation sites is 2. The smallest absolute Gasteiger partial charge is 0.258 e. The van der Waals surface area contributed by atoms with Crippen molar-refractivity contribution in [2.24, 2.45) is 0 Å². The molecule has 27 heavy (non-hydrogen) atoms. The van der Waals surface area contributed by atoms with Gasteiger partial charge in [-0.05, 0) is 18.2 Å². The molecular formula is C20H21N3O4. The molecule has 3 rings (SSSR count). The zero-order valence-corrected chi connectivity index (χ0v) is 15.3. The van der Waals surface area contributed by atoms with Crippen LogP contribution in [0.3, 0.4) is 0 Å². The van der Waals surface area contributed by atoms with Crippen molar-refractivity contribution < 1.29 is 14.3 Å². The Morgan fingerprint density at radius 1 is 1.07 bits per heavy atom. The third-order valence-corrected chi connectivity index (χ3v) is 4.18. The van der Waals surface area contributed by atoms with Crippen LogP contribution in [0.5, 0.6) is 5.75 Å². The van der Waals surface area contributed by atoms with E-state index in [1.807, 2.05) is 30.3 Å². The van der Waals surface area contributed by atoms with Gasteiger partial charge in [0.1, 0.15) is 18.2 Å². The first-order valence-electron chi connectivity index (χ1n) is 8.49. The summed E-state index contributed by atoms with van der Waals surface area (Å²) < 4.78 is 10.4. The lowest BCUT2D eigenvalue weighted by Crippen LogP contribution is -2.34. The first-order chi connectivity index (χ1) is 13.1. The molecule has 0 aliphatic heterocycles. The Bertz CT molecular complexity index is 1000. The number of hydrogen-bond donors (Lipinski definition) is 1. The molecule has 7 nitrogen and oxygen atoms in total. The van der Waals surface area contributed by atoms with Crippen LogP contribution in [-0.4, -0.2) is 41.6 Å². The molecule has 0 spiro atoms. The van der Waals surface area contributed by atoms with Gasteiger partial charge in [0.2, 0.25) is 5.91 Å². The molecule has 0 atom stereocenters. The molecule has 0 unspecified atom stereocenters. The second kappa shape index (κ2) is 8.46. The van der Waals surface area contributed by atoms with Gasteiger partial charge in [-0.15, -0.1) is 0 Å². The maximum atomic E-state index is 12.5. The van der Waals surface area contributed by atoms with Crippen LogP contribution in [0.2, 0.25) is 0 Å². The number of carbonyl (C=O) groups is 1. The van der Waals surface area contributed by atoms with Crippen molar-refractivity contribution in [2.45, 2.75) is 13.1 Å². The van der Waals surface area contributed by atoms with Gasteiger partial charge in [0, 0.05) is 19.2 Å². The highest BCUT2D eigenvalue weighted by atomic mass is 16.5. The molecule has 0 bridgehead atoms. The Morgan fingerprint density at radius 2 is 1.81 bits per heavy atom. The van der Waals surface area contributed by atoms with Crippen LogP contribution in [0.15, 0.2) is 53.3 Å². The van der Waals surface area contributed by atoms with Gasteiger partial charge < -0.3 is 19.4 Å². The van der Waals surface area contributed by atoms with Gasteiger partial charge in [0.25, 0.3) is 5.56 Å². The Labute approximate surface area is 156 Å². The van der Waals surface area contributed by atoms with E-state index in [4.69, 9.17) is 9.47 Å². The van der Waals surface area contributed by atoms with Crippen molar-refractivity contribution in [1.29, 1.82) is 0 Å². The van der Waals surface area contributed by atoms with Crippen molar-refractivity contribution in [1.82, 2.24) is 14.9 Å². The number of aromatic amines is 1. The fourth-order valence-electron chi connectivity index (χ4n) is 2.88. The van der Waals surface area contributed by atoms with Crippen LogP contribution in [0, 0.1) is 0 Å². The van der Waals surface area contributed by atoms with Crippen LogP contribution in [0.4, 0.5) is 0 Å². The molecule has 0 aliphatic rings. The molecule has 0 saturated heterocycles. The lowest BCUT2D eigenvalue weighted by molar-refractivity contribution is -0.136. The van der Waals surface area contributed by atoms with E-state index in [0.717, 1.165) is 5.56 Å². The molecule has 0 aliphatic carbocycles. The summed E-state index contributed by atoms with van der Waals surface area (Å²) in [5.74, 6) is 0.893. The predicted molar refractivity (Wildman–Crippen MR) is 101 cm³/mol. The molecular weight excluding hydrogens is 346 g/mol. The van der Waals surface area contributed by atoms with Crippen LogP contribution >= 0.6 is 0 Å². The van der Waals surface area contributed by atoms with E-state index in [9.17, 15) is 9.59 Å². The van der Waals surface area contributed by atoms with E-state index < -0.39 is 0 Å². The van der Waals surface area contributed by atoms with Gasteiger partial charge in [0.05, 0.1) is 24.6 Å². The Kier molecular flexibility index (Phi) is 5.83. The second-order valence-electron chi connectivity index (χ2n) is 6.02. The van der Waals surface area contributed by atoms with Gasteiger partial charge >= 0.3 is 0 Å². The number of methoxy groups -OCH3 is 2. The normalized spacial score (nSPS) is 10.7. The van der Waals surface area contributed by atoms with Crippen LogP contribution in [0.25, 0.3) is 10.9 Å². The number of fused-ring (bicyclic) bond motifs is 1. The quantitative estimate of drug-likeness (QED) is 0.691. The number of nitrogens with one attached hydrogen (secondary N) is 1. The van der Waals surface area contributed by atoms with Crippen molar-refractivity contribution in [3.05, 3.63) is 70.3 Å². The third-order valence-electron chi connectivity index (χ3n) is 4.18. The molecule has 140 valence electrons. The van der Waals surface area contributed by atoms with E-state index in [0.29, 0.717) is 29.0 Å². The molecule has 0 radical (unpaired) electrons. The second-order valence-corrected chi connectivity index (χ2v) is 6.02. The molecule has 3 aromatic rings. The SMILES string of the molecule is COCC(=O)N(Cc1nc2ccccc2c(=O)[nH]1)Cc1ccccc1OC. The summed E-state index contributed by atoms with van der Waals surface area (Å²) in [6.45, 7) is 0.399. The summed E-state index contributed by atoms with van der Waals surface area (Å²) in [4.78, 5) is 33.7. The number of nitrogens with zero attached hydrogens (tertiary/aromatic N) is 2. The molecule has 2 aromatic carbocycles. The number of rotatable bonds is 7. The zero-order valence-electron chi connectivity index (χ0n) is 15.3. The summed E-state index contributed by atoms with van der Waals surface area (Å²) in [6, 6.07) is 14.6. The Balaban J connectivity index is 1.92. The molecule has 1 heterocycles. The molecule has 0 fully saturated rings. The van der Waals surface area contributed by atoms with E-state index >= 15 is 0 Å². The van der Waals surface area contributed by atoms with E-state index in [2.05, 4.69) is 9.97 Å². The Hall–Kier alpha value is -3.19. The lowest BCUT2D eigenvalue weighted by atomic mass is 10.2. The first-order valence-corrected chi connectivity index (χ1v) is 8.49. The summed E-state index contributed by atoms with van der Waals surface area (Å²) in [7, 11) is 3.05. The molecule has 1 aromatic heterocycles. The molecule has 7 heteroatoms. The highest BCUT2D eigenvalue weighted by molar-refractivity contribution is 5.78. The maximum absolute atomic E-state index is 12.5. The lowest BCUT2D eigenvalue weighted by Gasteiger charge is -2.23. The van der Waals surface area contributed by atoms with Crippen molar-refractivity contribution in [2.75, 3.05) is 20.8 Å². The van der Waals surface area contributed by atoms with Crippen molar-refractivity contribution in [3.8, 4) is 5.75 Å². The van der Waals surface area contributed by atoms with Crippen LogP contribution < -0.4 is 10.3 Å². The fourth-order valence-corrected chi connectivity index (χ4v) is 2.88. The van der Waals surface area contributed by atoms with Gasteiger partial charge in [0.15, 0.2) is 0 Å². The van der Waals surface area contributed by atoms with Crippen molar-refractivity contribution >= 4 is 16.8 Å². The average Bonchev–Trinajstić information content (AvgIpc) is 2.68. The van der Waals surface area contributed by atoms with Crippen LogP contribution in [0.1, 0.15) is 11.4 Å². The third kappa shape index (κ3) is 4.32. The minimum atomic E-state index is -0.230. The van der Waals surface area contributed by atoms with Crippen molar-refractivity contribution in [3.63, 3.8) is 0 Å². The maximum Gasteiger partial charge on any atom is 0.258 e. The largest absolute Gasteiger partial charge is 0.496 e. The van der Waals surface area contributed by atoms with Gasteiger partial charge in [-0.1, -0.05) is 30.3 Å². The topological polar surface area (TPSA) is 84.5 Å². The monoisotopic (exact) mass is 367 g/mol. The van der Waals surface area contributed by atoms with Gasteiger partial charge in [-0.3, -0.25) is 9.59 Å². The summed E-state index contributed by atoms with van der Waals surface area (Å²) in [5.41, 5.74) is 1.22. The number of H-pyrrole nitrogens is 1.